The van der Waals surface area contributed by atoms with E-state index in [4.69, 9.17) is 0 Å². The molecule has 0 bridgehead atoms. The fourth-order valence-corrected chi connectivity index (χ4v) is 2.66. The van der Waals surface area contributed by atoms with Gasteiger partial charge >= 0.3 is 0 Å². The summed E-state index contributed by atoms with van der Waals surface area (Å²) in [4.78, 5) is 2.26. The molecular weight excluding hydrogens is 266 g/mol. The van der Waals surface area contributed by atoms with Crippen LogP contribution in [-0.2, 0) is 6.42 Å². The van der Waals surface area contributed by atoms with Crippen molar-refractivity contribution in [1.82, 2.24) is 4.90 Å². The van der Waals surface area contributed by atoms with Gasteiger partial charge in [-0.3, -0.25) is 0 Å². The van der Waals surface area contributed by atoms with Gasteiger partial charge in [0.15, 0.2) is 0 Å². The second-order valence-electron chi connectivity index (χ2n) is 6.03. The summed E-state index contributed by atoms with van der Waals surface area (Å²) in [6, 6.07) is 21.5. The lowest BCUT2D eigenvalue weighted by Crippen LogP contribution is -2.12. The molecule has 2 rings (SSSR count). The SMILES string of the molecule is CN(C)CCC/C(=C/CCc1ccccc1)c1ccccc1. The Hall–Kier alpha value is -1.86. The molecule has 0 amide bonds. The van der Waals surface area contributed by atoms with Gasteiger partial charge in [0.1, 0.15) is 0 Å². The van der Waals surface area contributed by atoms with Gasteiger partial charge < -0.3 is 4.90 Å². The molecule has 22 heavy (non-hydrogen) atoms. The lowest BCUT2D eigenvalue weighted by Gasteiger charge is -2.12. The number of allylic oxidation sites excluding steroid dienone is 2. The summed E-state index contributed by atoms with van der Waals surface area (Å²) in [5, 5.41) is 0. The van der Waals surface area contributed by atoms with Crippen molar-refractivity contribution in [3.05, 3.63) is 77.9 Å². The van der Waals surface area contributed by atoms with Gasteiger partial charge in [0, 0.05) is 0 Å². The van der Waals surface area contributed by atoms with Crippen LogP contribution in [0, 0.1) is 0 Å². The minimum Gasteiger partial charge on any atom is -0.309 e. The van der Waals surface area contributed by atoms with Crippen LogP contribution in [0.5, 0.6) is 0 Å². The molecule has 1 heteroatoms. The summed E-state index contributed by atoms with van der Waals surface area (Å²) < 4.78 is 0. The highest BCUT2D eigenvalue weighted by Crippen LogP contribution is 2.21. The zero-order chi connectivity index (χ0) is 15.6. The first-order valence-electron chi connectivity index (χ1n) is 8.19. The van der Waals surface area contributed by atoms with E-state index < -0.39 is 0 Å². The van der Waals surface area contributed by atoms with E-state index in [-0.39, 0.29) is 0 Å². The Morgan fingerprint density at radius 1 is 0.909 bits per heavy atom. The Morgan fingerprint density at radius 2 is 1.55 bits per heavy atom. The molecule has 0 atom stereocenters. The second kappa shape index (κ2) is 9.22. The first-order chi connectivity index (χ1) is 10.8. The van der Waals surface area contributed by atoms with Crippen LogP contribution >= 0.6 is 0 Å². The van der Waals surface area contributed by atoms with E-state index in [0.717, 1.165) is 25.8 Å². The normalized spacial score (nSPS) is 11.9. The van der Waals surface area contributed by atoms with E-state index in [0.29, 0.717) is 0 Å². The number of aryl methyl sites for hydroxylation is 1. The Labute approximate surface area is 135 Å². The van der Waals surface area contributed by atoms with Crippen molar-refractivity contribution >= 4 is 5.57 Å². The Morgan fingerprint density at radius 3 is 2.18 bits per heavy atom. The summed E-state index contributed by atoms with van der Waals surface area (Å²) in [5.41, 5.74) is 4.27. The highest BCUT2D eigenvalue weighted by atomic mass is 15.0. The second-order valence-corrected chi connectivity index (χ2v) is 6.03. The van der Waals surface area contributed by atoms with E-state index >= 15 is 0 Å². The first kappa shape index (κ1) is 16.5. The highest BCUT2D eigenvalue weighted by Gasteiger charge is 2.02. The summed E-state index contributed by atoms with van der Waals surface area (Å²) in [6.45, 7) is 1.14. The minimum absolute atomic E-state index is 1.11. The molecule has 0 aliphatic carbocycles. The number of rotatable bonds is 8. The third kappa shape index (κ3) is 5.87. The lowest BCUT2D eigenvalue weighted by molar-refractivity contribution is 0.403. The zero-order valence-electron chi connectivity index (χ0n) is 13.8. The third-order valence-electron chi connectivity index (χ3n) is 3.86. The topological polar surface area (TPSA) is 3.24 Å². The van der Waals surface area contributed by atoms with Gasteiger partial charge in [0.2, 0.25) is 0 Å². The fraction of sp³-hybridized carbons (Fsp3) is 0.333. The van der Waals surface area contributed by atoms with E-state index in [1.165, 1.54) is 23.1 Å². The van der Waals surface area contributed by atoms with Crippen molar-refractivity contribution in [2.45, 2.75) is 25.7 Å². The van der Waals surface area contributed by atoms with Crippen LogP contribution in [0.2, 0.25) is 0 Å². The van der Waals surface area contributed by atoms with Crippen molar-refractivity contribution in [1.29, 1.82) is 0 Å². The maximum atomic E-state index is 2.43. The molecule has 0 aromatic heterocycles. The van der Waals surface area contributed by atoms with E-state index in [9.17, 15) is 0 Å². The first-order valence-corrected chi connectivity index (χ1v) is 8.19. The van der Waals surface area contributed by atoms with Gasteiger partial charge in [0.05, 0.1) is 0 Å². The van der Waals surface area contributed by atoms with Crippen LogP contribution in [0.3, 0.4) is 0 Å². The van der Waals surface area contributed by atoms with Gasteiger partial charge in [-0.15, -0.1) is 0 Å². The van der Waals surface area contributed by atoms with Crippen LogP contribution in [0.15, 0.2) is 66.7 Å². The Kier molecular flexibility index (Phi) is 6.92. The van der Waals surface area contributed by atoms with E-state index in [1.807, 2.05) is 0 Å². The highest BCUT2D eigenvalue weighted by molar-refractivity contribution is 5.65. The van der Waals surface area contributed by atoms with Gasteiger partial charge in [-0.25, -0.2) is 0 Å². The van der Waals surface area contributed by atoms with Crippen molar-refractivity contribution < 1.29 is 0 Å². The molecule has 0 unspecified atom stereocenters. The number of hydrogen-bond acceptors (Lipinski definition) is 1. The summed E-state index contributed by atoms with van der Waals surface area (Å²) in [5.74, 6) is 0. The van der Waals surface area contributed by atoms with Crippen molar-refractivity contribution in [3.8, 4) is 0 Å². The summed E-state index contributed by atoms with van der Waals surface area (Å²) in [6.07, 6.45) is 7.01. The monoisotopic (exact) mass is 293 g/mol. The molecule has 116 valence electrons. The largest absolute Gasteiger partial charge is 0.309 e. The quantitative estimate of drug-likeness (QED) is 0.658. The van der Waals surface area contributed by atoms with E-state index in [2.05, 4.69) is 85.7 Å². The van der Waals surface area contributed by atoms with E-state index in [1.54, 1.807) is 0 Å². The molecule has 1 nitrogen and oxygen atoms in total. The van der Waals surface area contributed by atoms with Gasteiger partial charge in [-0.1, -0.05) is 66.7 Å². The minimum atomic E-state index is 1.11. The van der Waals surface area contributed by atoms with Crippen LogP contribution in [0.1, 0.15) is 30.4 Å². The van der Waals surface area contributed by atoms with Crippen LogP contribution in [0.4, 0.5) is 0 Å². The Balaban J connectivity index is 1.98. The molecular formula is C21H27N. The van der Waals surface area contributed by atoms with Crippen molar-refractivity contribution in [3.63, 3.8) is 0 Å². The average molecular weight is 293 g/mol. The molecule has 2 aromatic carbocycles. The Bertz CT molecular complexity index is 555. The standard InChI is InChI=1S/C21H27N/c1-22(2)18-10-17-21(20-14-7-4-8-15-20)16-9-13-19-11-5-3-6-12-19/h3-8,11-12,14-16H,9-10,13,17-18H2,1-2H3/b21-16-. The molecule has 0 aliphatic rings. The summed E-state index contributed by atoms with van der Waals surface area (Å²) >= 11 is 0. The number of hydrogen-bond donors (Lipinski definition) is 0. The molecule has 0 saturated heterocycles. The maximum Gasteiger partial charge on any atom is -0.00217 e. The predicted octanol–water partition coefficient (Wildman–Crippen LogP) is 5.04. The molecule has 0 spiro atoms. The van der Waals surface area contributed by atoms with Crippen molar-refractivity contribution in [2.24, 2.45) is 0 Å². The van der Waals surface area contributed by atoms with Gasteiger partial charge in [-0.2, -0.15) is 0 Å². The number of nitrogens with zero attached hydrogens (tertiary/aromatic N) is 1. The summed E-state index contributed by atoms with van der Waals surface area (Å²) in [7, 11) is 4.28. The van der Waals surface area contributed by atoms with Crippen LogP contribution in [0.25, 0.3) is 5.57 Å². The molecule has 0 saturated carbocycles. The fourth-order valence-electron chi connectivity index (χ4n) is 2.66. The van der Waals surface area contributed by atoms with Crippen molar-refractivity contribution in [2.75, 3.05) is 20.6 Å². The van der Waals surface area contributed by atoms with Crippen LogP contribution < -0.4 is 0 Å². The average Bonchev–Trinajstić information content (AvgIpc) is 2.55. The van der Waals surface area contributed by atoms with Gasteiger partial charge in [-0.05, 0) is 63.0 Å². The number of benzene rings is 2. The predicted molar refractivity (Wildman–Crippen MR) is 97.0 cm³/mol. The molecule has 0 radical (unpaired) electrons. The van der Waals surface area contributed by atoms with Gasteiger partial charge in [0.25, 0.3) is 0 Å². The molecule has 0 heterocycles. The third-order valence-corrected chi connectivity index (χ3v) is 3.86. The lowest BCUT2D eigenvalue weighted by atomic mass is 9.98. The smallest absolute Gasteiger partial charge is 0.00217 e. The van der Waals surface area contributed by atoms with Crippen LogP contribution in [-0.4, -0.2) is 25.5 Å². The molecule has 0 aliphatic heterocycles. The molecule has 2 aromatic rings. The molecule has 0 N–H and O–H groups in total. The molecule has 0 fully saturated rings. The maximum absolute atomic E-state index is 2.43. The zero-order valence-corrected chi connectivity index (χ0v) is 13.8.